The standard InChI is InChI=1S/C67H44/c1-67(2)62-36-34-44-14-5-6-16-50(44)66(62)61-39-59-52-18-8-7-17-51(52)58-38-49(33-35-53(58)60(59)40-63(61)67)43-25-30-46(31-26-43)65-56-21-11-9-19-54(56)64(55-20-10-12-22-57(55)65)45-28-23-42(24-29-45)48-32-27-41-13-3-4-15-47(41)37-48/h3-40H,1-2H3. The minimum atomic E-state index is -0.107. The first-order valence-corrected chi connectivity index (χ1v) is 23.6. The van der Waals surface area contributed by atoms with Gasteiger partial charge in [0.15, 0.2) is 0 Å². The maximum Gasteiger partial charge on any atom is 0.0159 e. The molecule has 0 spiro atoms. The van der Waals surface area contributed by atoms with E-state index in [1.807, 2.05) is 0 Å². The third-order valence-corrected chi connectivity index (χ3v) is 15.2. The molecule has 0 N–H and O–H groups in total. The molecule has 14 rings (SSSR count). The number of hydrogen-bond donors (Lipinski definition) is 0. The first-order valence-electron chi connectivity index (χ1n) is 23.6. The fourth-order valence-electron chi connectivity index (χ4n) is 11.9. The van der Waals surface area contributed by atoms with E-state index >= 15 is 0 Å². The zero-order valence-corrected chi connectivity index (χ0v) is 37.4. The molecule has 0 saturated heterocycles. The molecule has 0 aliphatic heterocycles. The summed E-state index contributed by atoms with van der Waals surface area (Å²) in [5.41, 5.74) is 15.4. The fraction of sp³-hybridized carbons (Fsp3) is 0.0448. The van der Waals surface area contributed by atoms with E-state index in [-0.39, 0.29) is 5.41 Å². The molecule has 0 saturated carbocycles. The van der Waals surface area contributed by atoms with Crippen molar-refractivity contribution in [2.24, 2.45) is 0 Å². The van der Waals surface area contributed by atoms with Crippen molar-refractivity contribution in [3.05, 3.63) is 242 Å². The van der Waals surface area contributed by atoms with Crippen LogP contribution in [-0.4, -0.2) is 0 Å². The van der Waals surface area contributed by atoms with Crippen LogP contribution in [0.3, 0.4) is 0 Å². The van der Waals surface area contributed by atoms with Crippen LogP contribution in [0.4, 0.5) is 0 Å². The van der Waals surface area contributed by atoms with Gasteiger partial charge in [-0.3, -0.25) is 0 Å². The molecule has 0 bridgehead atoms. The van der Waals surface area contributed by atoms with Crippen LogP contribution < -0.4 is 0 Å². The first-order chi connectivity index (χ1) is 33.0. The normalized spacial score (nSPS) is 13.0. The molecule has 0 heterocycles. The summed E-state index contributed by atoms with van der Waals surface area (Å²) in [6, 6.07) is 86.4. The Bertz CT molecular complexity index is 4150. The quantitative estimate of drug-likeness (QED) is 0.122. The molecule has 0 radical (unpaired) electrons. The van der Waals surface area contributed by atoms with E-state index in [9.17, 15) is 0 Å². The van der Waals surface area contributed by atoms with Crippen LogP contribution in [0.25, 0.3) is 131 Å². The largest absolute Gasteiger partial charge is 0.0616 e. The Hall–Kier alpha value is -8.32. The lowest BCUT2D eigenvalue weighted by atomic mass is 9.81. The average molecular weight is 849 g/mol. The van der Waals surface area contributed by atoms with Gasteiger partial charge in [-0.15, -0.1) is 0 Å². The van der Waals surface area contributed by atoms with Crippen molar-refractivity contribution >= 4 is 75.4 Å². The molecule has 0 amide bonds. The molecule has 1 aliphatic rings. The molecule has 67 heavy (non-hydrogen) atoms. The summed E-state index contributed by atoms with van der Waals surface area (Å²) < 4.78 is 0. The Morgan fingerprint density at radius 2 is 0.627 bits per heavy atom. The third kappa shape index (κ3) is 5.66. The summed E-state index contributed by atoms with van der Waals surface area (Å²) in [4.78, 5) is 0. The van der Waals surface area contributed by atoms with E-state index in [1.54, 1.807) is 0 Å². The summed E-state index contributed by atoms with van der Waals surface area (Å²) in [5, 5.41) is 18.0. The second-order valence-electron chi connectivity index (χ2n) is 19.1. The number of fused-ring (bicyclic) bond motifs is 14. The Kier molecular flexibility index (Phi) is 8.13. The first kappa shape index (κ1) is 38.0. The van der Waals surface area contributed by atoms with E-state index in [1.165, 1.54) is 142 Å². The van der Waals surface area contributed by atoms with Crippen LogP contribution in [0.15, 0.2) is 231 Å². The minimum Gasteiger partial charge on any atom is -0.0616 e. The maximum atomic E-state index is 2.52. The lowest BCUT2D eigenvalue weighted by Gasteiger charge is -2.22. The van der Waals surface area contributed by atoms with Gasteiger partial charge in [0.1, 0.15) is 0 Å². The Balaban J connectivity index is 0.874. The van der Waals surface area contributed by atoms with E-state index in [0.717, 1.165) is 0 Å². The van der Waals surface area contributed by atoms with Gasteiger partial charge in [0.2, 0.25) is 0 Å². The lowest BCUT2D eigenvalue weighted by Crippen LogP contribution is -2.14. The molecule has 13 aromatic rings. The third-order valence-electron chi connectivity index (χ3n) is 15.2. The SMILES string of the molecule is CC1(C)c2cc3c4ccc(-c5ccc(-c6c7ccccc7c(-c7ccc(-c8ccc9ccccc9c8)cc7)c7ccccc67)cc5)cc4c4ccccc4c3cc2-c2c1ccc1ccccc21. The Morgan fingerprint density at radius 3 is 1.22 bits per heavy atom. The highest BCUT2D eigenvalue weighted by Gasteiger charge is 2.37. The number of benzene rings is 13. The zero-order chi connectivity index (χ0) is 44.4. The van der Waals surface area contributed by atoms with Crippen LogP contribution in [0.5, 0.6) is 0 Å². The maximum absolute atomic E-state index is 2.52. The molecule has 0 fully saturated rings. The van der Waals surface area contributed by atoms with Crippen LogP contribution >= 0.6 is 0 Å². The minimum absolute atomic E-state index is 0.107. The van der Waals surface area contributed by atoms with Gasteiger partial charge in [0.05, 0.1) is 0 Å². The van der Waals surface area contributed by atoms with E-state index in [0.29, 0.717) is 0 Å². The smallest absolute Gasteiger partial charge is 0.0159 e. The van der Waals surface area contributed by atoms with Crippen molar-refractivity contribution in [2.45, 2.75) is 19.3 Å². The predicted molar refractivity (Wildman–Crippen MR) is 288 cm³/mol. The Morgan fingerprint density at radius 1 is 0.224 bits per heavy atom. The molecule has 0 atom stereocenters. The van der Waals surface area contributed by atoms with Crippen molar-refractivity contribution in [1.29, 1.82) is 0 Å². The summed E-state index contributed by atoms with van der Waals surface area (Å²) in [6.45, 7) is 4.80. The molecule has 1 aliphatic carbocycles. The van der Waals surface area contributed by atoms with Gasteiger partial charge in [0.25, 0.3) is 0 Å². The summed E-state index contributed by atoms with van der Waals surface area (Å²) in [7, 11) is 0. The molecule has 0 nitrogen and oxygen atoms in total. The van der Waals surface area contributed by atoms with Gasteiger partial charge in [-0.25, -0.2) is 0 Å². The molecule has 0 unspecified atom stereocenters. The van der Waals surface area contributed by atoms with E-state index < -0.39 is 0 Å². The van der Waals surface area contributed by atoms with Gasteiger partial charge in [0, 0.05) is 5.41 Å². The molecular weight excluding hydrogens is 805 g/mol. The van der Waals surface area contributed by atoms with Crippen molar-refractivity contribution < 1.29 is 0 Å². The average Bonchev–Trinajstić information content (AvgIpc) is 3.62. The second-order valence-corrected chi connectivity index (χ2v) is 19.1. The van der Waals surface area contributed by atoms with Gasteiger partial charge in [-0.1, -0.05) is 220 Å². The highest BCUT2D eigenvalue weighted by molar-refractivity contribution is 6.27. The van der Waals surface area contributed by atoms with Crippen LogP contribution in [0.1, 0.15) is 25.0 Å². The molecule has 312 valence electrons. The topological polar surface area (TPSA) is 0 Å². The predicted octanol–water partition coefficient (Wildman–Crippen LogP) is 18.7. The highest BCUT2D eigenvalue weighted by Crippen LogP contribution is 2.54. The van der Waals surface area contributed by atoms with Gasteiger partial charge in [-0.2, -0.15) is 0 Å². The number of hydrogen-bond acceptors (Lipinski definition) is 0. The van der Waals surface area contributed by atoms with Crippen LogP contribution in [0.2, 0.25) is 0 Å². The summed E-state index contributed by atoms with van der Waals surface area (Å²) in [6.07, 6.45) is 0. The van der Waals surface area contributed by atoms with Crippen LogP contribution in [-0.2, 0) is 5.41 Å². The monoisotopic (exact) mass is 848 g/mol. The van der Waals surface area contributed by atoms with E-state index in [4.69, 9.17) is 0 Å². The number of rotatable bonds is 4. The van der Waals surface area contributed by atoms with E-state index in [2.05, 4.69) is 244 Å². The highest BCUT2D eigenvalue weighted by atomic mass is 14.4. The van der Waals surface area contributed by atoms with Crippen molar-refractivity contribution in [3.63, 3.8) is 0 Å². The van der Waals surface area contributed by atoms with Crippen molar-refractivity contribution in [1.82, 2.24) is 0 Å². The molecule has 0 heteroatoms. The van der Waals surface area contributed by atoms with Crippen molar-refractivity contribution in [2.75, 3.05) is 0 Å². The van der Waals surface area contributed by atoms with Crippen molar-refractivity contribution in [3.8, 4) is 55.6 Å². The molecule has 0 aromatic heterocycles. The Labute approximate surface area is 390 Å². The lowest BCUT2D eigenvalue weighted by molar-refractivity contribution is 0.662. The molecular formula is C67H44. The fourth-order valence-corrected chi connectivity index (χ4v) is 11.9. The summed E-state index contributed by atoms with van der Waals surface area (Å²) in [5.74, 6) is 0. The van der Waals surface area contributed by atoms with Crippen LogP contribution in [0, 0.1) is 0 Å². The zero-order valence-electron chi connectivity index (χ0n) is 37.4. The molecule has 13 aromatic carbocycles. The van der Waals surface area contributed by atoms with Gasteiger partial charge >= 0.3 is 0 Å². The second kappa shape index (κ2) is 14.3. The summed E-state index contributed by atoms with van der Waals surface area (Å²) >= 11 is 0. The van der Waals surface area contributed by atoms with Gasteiger partial charge in [-0.05, 0) is 166 Å². The van der Waals surface area contributed by atoms with Gasteiger partial charge < -0.3 is 0 Å².